The molecule has 0 aromatic heterocycles. The zero-order chi connectivity index (χ0) is 38.5. The predicted octanol–water partition coefficient (Wildman–Crippen LogP) is 10.2. The zero-order valence-corrected chi connectivity index (χ0v) is 34.8. The van der Waals surface area contributed by atoms with Gasteiger partial charge in [0.2, 0.25) is 0 Å². The highest BCUT2D eigenvalue weighted by atomic mass is 31.2. The lowest BCUT2D eigenvalue weighted by Crippen LogP contribution is -2.37. The van der Waals surface area contributed by atoms with Crippen LogP contribution in [-0.4, -0.2) is 84.9 Å². The molecule has 0 spiro atoms. The average Bonchev–Trinajstić information content (AvgIpc) is 3.06. The maximum Gasteiger partial charge on any atom is 0.469 e. The minimum atomic E-state index is -4.26. The third kappa shape index (κ3) is 46.9. The van der Waals surface area contributed by atoms with Crippen molar-refractivity contribution in [2.24, 2.45) is 0 Å². The van der Waals surface area contributed by atoms with Gasteiger partial charge < -0.3 is 28.9 Å². The van der Waals surface area contributed by atoms with E-state index in [0.717, 1.165) is 32.1 Å². The third-order valence-electron chi connectivity index (χ3n) is 8.92. The second-order valence-electron chi connectivity index (χ2n) is 15.3. The summed E-state index contributed by atoms with van der Waals surface area (Å²) >= 11 is 0. The van der Waals surface area contributed by atoms with Crippen molar-refractivity contribution in [2.75, 3.05) is 47.5 Å². The van der Waals surface area contributed by atoms with Crippen LogP contribution < -0.4 is 0 Å². The molecule has 0 radical (unpaired) electrons. The van der Waals surface area contributed by atoms with E-state index in [0.29, 0.717) is 23.9 Å². The predicted molar refractivity (Wildman–Crippen MR) is 209 cm³/mol. The van der Waals surface area contributed by atoms with E-state index in [1.165, 1.54) is 135 Å². The van der Waals surface area contributed by atoms with Crippen LogP contribution in [0.4, 0.5) is 0 Å². The molecule has 0 fully saturated rings. The summed E-state index contributed by atoms with van der Waals surface area (Å²) in [4.78, 5) is 40.7. The van der Waals surface area contributed by atoms with Crippen molar-refractivity contribution in [3.8, 4) is 0 Å². The van der Waals surface area contributed by atoms with Crippen LogP contribution in [0.3, 0.4) is 0 Å². The van der Waals surface area contributed by atoms with Crippen LogP contribution >= 0.6 is 7.82 Å². The van der Waals surface area contributed by atoms with E-state index in [1.807, 2.05) is 21.1 Å². The molecule has 51 heavy (non-hydrogen) atoms. The quantitative estimate of drug-likeness (QED) is 0.0247. The molecule has 0 aromatic rings. The fourth-order valence-corrected chi connectivity index (χ4v) is 5.95. The number of nitrogens with zero attached hydrogens (tertiary/aromatic N) is 1. The van der Waals surface area contributed by atoms with Gasteiger partial charge in [0.1, 0.15) is 19.8 Å². The molecule has 0 aliphatic carbocycles. The van der Waals surface area contributed by atoms with E-state index in [4.69, 9.17) is 19.3 Å². The molecule has 0 bridgehead atoms. The summed E-state index contributed by atoms with van der Waals surface area (Å²) < 4.78 is 25.6. The molecule has 0 aliphatic heterocycles. The Hall–Kier alpha value is -1.03. The van der Waals surface area contributed by atoms with E-state index in [1.54, 1.807) is 0 Å². The molecule has 0 saturated carbocycles. The van der Waals surface area contributed by atoms with Gasteiger partial charge in [-0.15, -0.1) is 0 Å². The van der Waals surface area contributed by atoms with Crippen LogP contribution in [0.2, 0.25) is 0 Å². The van der Waals surface area contributed by atoms with Crippen molar-refractivity contribution >= 4 is 19.8 Å². The number of hydrogen-bond donors (Lipinski definition) is 3. The van der Waals surface area contributed by atoms with Gasteiger partial charge in [0.05, 0.1) is 27.7 Å². The number of carbonyl (C=O) groups excluding carboxylic acids is 2. The molecule has 0 heterocycles. The minimum absolute atomic E-state index is 0.0574. The van der Waals surface area contributed by atoms with E-state index in [2.05, 4.69) is 18.4 Å². The van der Waals surface area contributed by atoms with Gasteiger partial charge in [0, 0.05) is 12.8 Å². The first-order valence-electron chi connectivity index (χ1n) is 20.8. The smallest absolute Gasteiger partial charge is 0.462 e. The highest BCUT2D eigenvalue weighted by Crippen LogP contribution is 2.35. The van der Waals surface area contributed by atoms with Gasteiger partial charge >= 0.3 is 19.8 Å². The number of aliphatic hydroxyl groups is 1. The number of unbranched alkanes of at least 4 members (excludes halogenated alkanes) is 24. The zero-order valence-electron chi connectivity index (χ0n) is 33.9. The first-order valence-corrected chi connectivity index (χ1v) is 22.3. The number of rotatable bonds is 36. The molecule has 0 unspecified atom stereocenters. The summed E-state index contributed by atoms with van der Waals surface area (Å²) in [6, 6.07) is 0. The van der Waals surface area contributed by atoms with Gasteiger partial charge in [-0.1, -0.05) is 168 Å². The Morgan fingerprint density at radius 2 is 0.902 bits per heavy atom. The Balaban J connectivity index is 0. The van der Waals surface area contributed by atoms with Crippen LogP contribution in [-0.2, 0) is 28.2 Å². The second kappa shape index (κ2) is 37.3. The van der Waals surface area contributed by atoms with Gasteiger partial charge in [-0.2, -0.15) is 0 Å². The van der Waals surface area contributed by atoms with Crippen molar-refractivity contribution in [1.82, 2.24) is 0 Å². The summed E-state index contributed by atoms with van der Waals surface area (Å²) in [5, 5.41) is 9.50. The van der Waals surface area contributed by atoms with Crippen LogP contribution in [0.15, 0.2) is 0 Å². The van der Waals surface area contributed by atoms with Gasteiger partial charge in [-0.05, 0) is 12.8 Å². The summed E-state index contributed by atoms with van der Waals surface area (Å²) in [5.74, 6) is -0.580. The Bertz CT molecular complexity index is 816. The Kier molecular flexibility index (Phi) is 38.1. The number of esters is 2. The molecule has 0 rings (SSSR count). The number of ether oxygens (including phenoxy) is 2. The number of likely N-dealkylation sites (N-methyl/N-ethyl adjacent to an activating group) is 1. The Labute approximate surface area is 314 Å². The van der Waals surface area contributed by atoms with Crippen LogP contribution in [0.5, 0.6) is 0 Å². The SMILES string of the molecule is CCCCCCCCCCCCCCCC(=O)OC[C@H](CO)OC(=O)CCCCCCCCCCCCCCC.C[N+](C)(C)CCOP(=O)(O)O. The molecule has 0 amide bonds. The third-order valence-corrected chi connectivity index (χ3v) is 9.44. The number of carbonyl (C=O) groups is 2. The highest BCUT2D eigenvalue weighted by molar-refractivity contribution is 7.46. The first-order chi connectivity index (χ1) is 24.3. The number of hydrogen-bond acceptors (Lipinski definition) is 7. The van der Waals surface area contributed by atoms with E-state index in [9.17, 15) is 19.3 Å². The topological polar surface area (TPSA) is 140 Å². The summed E-state index contributed by atoms with van der Waals surface area (Å²) in [6.45, 7) is 4.79. The summed E-state index contributed by atoms with van der Waals surface area (Å²) in [6.07, 6.45) is 32.9. The van der Waals surface area contributed by atoms with Gasteiger partial charge in [0.15, 0.2) is 6.10 Å². The number of aliphatic hydroxyl groups excluding tert-OH is 1. The monoisotopic (exact) mass is 753 g/mol. The lowest BCUT2D eigenvalue weighted by molar-refractivity contribution is -0.870. The normalized spacial score (nSPS) is 12.3. The van der Waals surface area contributed by atoms with Crippen molar-refractivity contribution in [1.29, 1.82) is 0 Å². The van der Waals surface area contributed by atoms with E-state index < -0.39 is 13.9 Å². The molecule has 10 nitrogen and oxygen atoms in total. The number of phosphoric ester groups is 1. The molecular formula is C40H83NO9P+. The molecule has 0 aromatic carbocycles. The van der Waals surface area contributed by atoms with E-state index >= 15 is 0 Å². The van der Waals surface area contributed by atoms with Crippen LogP contribution in [0.1, 0.15) is 194 Å². The molecule has 0 saturated heterocycles. The maximum atomic E-state index is 12.1. The van der Waals surface area contributed by atoms with E-state index in [-0.39, 0.29) is 31.8 Å². The van der Waals surface area contributed by atoms with Crippen LogP contribution in [0.25, 0.3) is 0 Å². The fourth-order valence-electron chi connectivity index (χ4n) is 5.63. The van der Waals surface area contributed by atoms with Crippen molar-refractivity contribution < 1.29 is 47.5 Å². The molecular weight excluding hydrogens is 669 g/mol. The molecule has 11 heteroatoms. The van der Waals surface area contributed by atoms with Crippen LogP contribution in [0, 0.1) is 0 Å². The first kappa shape index (κ1) is 52.1. The fraction of sp³-hybridized carbons (Fsp3) is 0.950. The Morgan fingerprint density at radius 3 is 1.22 bits per heavy atom. The summed E-state index contributed by atoms with van der Waals surface area (Å²) in [7, 11) is 1.50. The number of quaternary nitrogens is 1. The lowest BCUT2D eigenvalue weighted by atomic mass is 10.0. The van der Waals surface area contributed by atoms with Crippen molar-refractivity contribution in [3.63, 3.8) is 0 Å². The molecule has 1 atom stereocenters. The Morgan fingerprint density at radius 1 is 0.569 bits per heavy atom. The summed E-state index contributed by atoms with van der Waals surface area (Å²) in [5.41, 5.74) is 0. The largest absolute Gasteiger partial charge is 0.469 e. The molecule has 306 valence electrons. The average molecular weight is 753 g/mol. The molecule has 0 aliphatic rings. The lowest BCUT2D eigenvalue weighted by Gasteiger charge is -2.23. The minimum Gasteiger partial charge on any atom is -0.462 e. The number of phosphoric acid groups is 1. The van der Waals surface area contributed by atoms with Gasteiger partial charge in [-0.3, -0.25) is 14.1 Å². The van der Waals surface area contributed by atoms with Crippen molar-refractivity contribution in [3.05, 3.63) is 0 Å². The van der Waals surface area contributed by atoms with Gasteiger partial charge in [0.25, 0.3) is 0 Å². The maximum absolute atomic E-state index is 12.1. The second-order valence-corrected chi connectivity index (χ2v) is 16.5. The van der Waals surface area contributed by atoms with Gasteiger partial charge in [-0.25, -0.2) is 4.57 Å². The molecule has 3 N–H and O–H groups in total. The van der Waals surface area contributed by atoms with Crippen molar-refractivity contribution in [2.45, 2.75) is 200 Å². The standard InChI is InChI=1S/C35H68O5.C5H14NO4P/c1-3-5-7-9-11-13-15-17-19-21-23-25-27-29-34(37)39-32-33(31-36)40-35(38)30-28-26-24-22-20-18-16-14-12-10-8-6-4-2;1-6(2,3)4-5-10-11(7,8)9/h33,36H,3-32H2,1-2H3;4-5H2,1-3H3,(H-,7,8,9)/p+1/t33-;/m0./s1. The highest BCUT2D eigenvalue weighted by Gasteiger charge is 2.17.